The van der Waals surface area contributed by atoms with Crippen molar-refractivity contribution in [3.05, 3.63) is 26.7 Å². The van der Waals surface area contributed by atoms with Gasteiger partial charge in [-0.05, 0) is 38.8 Å². The van der Waals surface area contributed by atoms with Gasteiger partial charge in [-0.15, -0.1) is 0 Å². The van der Waals surface area contributed by atoms with Crippen molar-refractivity contribution >= 4 is 49.2 Å². The molecule has 1 aromatic rings. The van der Waals surface area contributed by atoms with Crippen LogP contribution in [0.2, 0.25) is 10.0 Å². The first-order valence-corrected chi connectivity index (χ1v) is 9.20. The van der Waals surface area contributed by atoms with Gasteiger partial charge in [0.05, 0.1) is 16.1 Å². The lowest BCUT2D eigenvalue weighted by atomic mass is 10.1. The first-order valence-electron chi connectivity index (χ1n) is 6.21. The van der Waals surface area contributed by atoms with Crippen LogP contribution in [0.5, 0.6) is 0 Å². The third kappa shape index (κ3) is 3.22. The lowest BCUT2D eigenvalue weighted by Gasteiger charge is -2.32. The van der Waals surface area contributed by atoms with Crippen molar-refractivity contribution in [3.63, 3.8) is 0 Å². The second-order valence-corrected chi connectivity index (χ2v) is 8.88. The molecule has 8 heteroatoms. The fourth-order valence-corrected chi connectivity index (χ4v) is 6.03. The first kappa shape index (κ1) is 17.0. The van der Waals surface area contributed by atoms with Gasteiger partial charge in [0.15, 0.2) is 0 Å². The number of benzene rings is 1. The molecule has 0 atom stereocenters. The van der Waals surface area contributed by atoms with E-state index in [1.165, 1.54) is 16.4 Å². The summed E-state index contributed by atoms with van der Waals surface area (Å²) in [5, 5.41) is 9.38. The summed E-state index contributed by atoms with van der Waals surface area (Å²) in [6, 6.07) is 4.81. The maximum Gasteiger partial charge on any atom is 0.247 e. The molecule has 21 heavy (non-hydrogen) atoms. The summed E-state index contributed by atoms with van der Waals surface area (Å²) in [5.74, 6) is 0. The van der Waals surface area contributed by atoms with E-state index in [4.69, 9.17) is 23.2 Å². The van der Waals surface area contributed by atoms with Gasteiger partial charge in [0.2, 0.25) is 10.0 Å². The van der Waals surface area contributed by atoms with E-state index in [2.05, 4.69) is 15.9 Å². The van der Waals surface area contributed by atoms with Crippen molar-refractivity contribution in [1.29, 1.82) is 5.26 Å². The summed E-state index contributed by atoms with van der Waals surface area (Å²) in [6.07, 6.45) is 1.46. The van der Waals surface area contributed by atoms with E-state index in [-0.39, 0.29) is 21.0 Å². The average molecular weight is 412 g/mol. The molecule has 0 spiro atoms. The summed E-state index contributed by atoms with van der Waals surface area (Å²) in [6.45, 7) is 3.15. The van der Waals surface area contributed by atoms with E-state index >= 15 is 0 Å². The molecular weight excluding hydrogens is 399 g/mol. The molecule has 0 saturated heterocycles. The van der Waals surface area contributed by atoms with Crippen LogP contribution < -0.4 is 0 Å². The first-order chi connectivity index (χ1) is 9.61. The molecule has 0 aliphatic heterocycles. The van der Waals surface area contributed by atoms with Crippen LogP contribution in [0.4, 0.5) is 0 Å². The Morgan fingerprint density at radius 1 is 1.33 bits per heavy atom. The number of hydrogen-bond donors (Lipinski definition) is 0. The minimum atomic E-state index is -3.96. The molecule has 0 radical (unpaired) electrons. The summed E-state index contributed by atoms with van der Waals surface area (Å²) < 4.78 is 27.7. The Labute approximate surface area is 142 Å². The molecule has 2 rings (SSSR count). The van der Waals surface area contributed by atoms with Crippen LogP contribution >= 0.6 is 39.1 Å². The number of nitrogens with zero attached hydrogens (tertiary/aromatic N) is 2. The Hall–Kier alpha value is -0.320. The fraction of sp³-hybridized carbons (Fsp3) is 0.462. The highest BCUT2D eigenvalue weighted by atomic mass is 79.9. The van der Waals surface area contributed by atoms with Crippen molar-refractivity contribution in [2.24, 2.45) is 0 Å². The Morgan fingerprint density at radius 3 is 2.19 bits per heavy atom. The van der Waals surface area contributed by atoms with Gasteiger partial charge >= 0.3 is 0 Å². The number of halogens is 3. The highest BCUT2D eigenvalue weighted by molar-refractivity contribution is 9.10. The standard InChI is InChI=1S/C13H13BrCl2N2O2S/c1-13(2,7-17)18(9-3-4-9)21(19,20)12-10(15)5-8(14)6-11(12)16/h5-6,9H,3-4H2,1-2H3. The zero-order chi connectivity index (χ0) is 16.0. The highest BCUT2D eigenvalue weighted by Gasteiger charge is 2.48. The number of rotatable bonds is 4. The molecule has 1 fully saturated rings. The van der Waals surface area contributed by atoms with Gasteiger partial charge in [0.1, 0.15) is 10.4 Å². The second-order valence-electron chi connectivity index (χ2n) is 5.40. The van der Waals surface area contributed by atoms with Gasteiger partial charge in [-0.3, -0.25) is 0 Å². The highest BCUT2D eigenvalue weighted by Crippen LogP contribution is 2.42. The summed E-state index contributed by atoms with van der Waals surface area (Å²) >= 11 is 15.4. The fourth-order valence-electron chi connectivity index (χ4n) is 2.19. The lowest BCUT2D eigenvalue weighted by molar-refractivity contribution is 0.280. The summed E-state index contributed by atoms with van der Waals surface area (Å²) in [7, 11) is -3.96. The number of hydrogen-bond acceptors (Lipinski definition) is 3. The van der Waals surface area contributed by atoms with Gasteiger partial charge in [0, 0.05) is 10.5 Å². The molecule has 0 aromatic heterocycles. The van der Waals surface area contributed by atoms with Crippen LogP contribution in [0, 0.1) is 11.3 Å². The largest absolute Gasteiger partial charge is 0.247 e. The maximum atomic E-state index is 13.0. The minimum absolute atomic E-state index is 0.0359. The molecule has 0 heterocycles. The Balaban J connectivity index is 2.64. The predicted molar refractivity (Wildman–Crippen MR) is 85.9 cm³/mol. The SMILES string of the molecule is CC(C)(C#N)N(C1CC1)S(=O)(=O)c1c(Cl)cc(Br)cc1Cl. The van der Waals surface area contributed by atoms with Crippen LogP contribution in [-0.4, -0.2) is 24.3 Å². The van der Waals surface area contributed by atoms with Gasteiger partial charge in [-0.2, -0.15) is 9.57 Å². The van der Waals surface area contributed by atoms with Crippen molar-refractivity contribution in [2.75, 3.05) is 0 Å². The van der Waals surface area contributed by atoms with Gasteiger partial charge in [0.25, 0.3) is 0 Å². The molecule has 0 unspecified atom stereocenters. The van der Waals surface area contributed by atoms with Crippen molar-refractivity contribution in [3.8, 4) is 6.07 Å². The monoisotopic (exact) mass is 410 g/mol. The van der Waals surface area contributed by atoms with Gasteiger partial charge < -0.3 is 0 Å². The van der Waals surface area contributed by atoms with E-state index in [9.17, 15) is 13.7 Å². The van der Waals surface area contributed by atoms with Crippen molar-refractivity contribution < 1.29 is 8.42 Å². The molecule has 1 aliphatic carbocycles. The van der Waals surface area contributed by atoms with Crippen LogP contribution in [-0.2, 0) is 10.0 Å². The molecule has 0 N–H and O–H groups in total. The maximum absolute atomic E-state index is 13.0. The van der Waals surface area contributed by atoms with Crippen LogP contribution in [0.3, 0.4) is 0 Å². The molecule has 4 nitrogen and oxygen atoms in total. The summed E-state index contributed by atoms with van der Waals surface area (Å²) in [4.78, 5) is -0.149. The molecular formula is C13H13BrCl2N2O2S. The van der Waals surface area contributed by atoms with Crippen molar-refractivity contribution in [2.45, 2.75) is 43.2 Å². The molecule has 1 saturated carbocycles. The van der Waals surface area contributed by atoms with E-state index < -0.39 is 15.6 Å². The van der Waals surface area contributed by atoms with Crippen LogP contribution in [0.1, 0.15) is 26.7 Å². The van der Waals surface area contributed by atoms with E-state index in [1.807, 2.05) is 6.07 Å². The van der Waals surface area contributed by atoms with E-state index in [1.54, 1.807) is 13.8 Å². The third-order valence-electron chi connectivity index (χ3n) is 3.18. The van der Waals surface area contributed by atoms with Crippen LogP contribution in [0.25, 0.3) is 0 Å². The lowest BCUT2D eigenvalue weighted by Crippen LogP contribution is -2.48. The summed E-state index contributed by atoms with van der Waals surface area (Å²) in [5.41, 5.74) is -1.17. The van der Waals surface area contributed by atoms with Gasteiger partial charge in [-0.1, -0.05) is 39.1 Å². The smallest absolute Gasteiger partial charge is 0.207 e. The van der Waals surface area contributed by atoms with E-state index in [0.29, 0.717) is 4.47 Å². The number of sulfonamides is 1. The zero-order valence-electron chi connectivity index (χ0n) is 11.4. The topological polar surface area (TPSA) is 61.2 Å². The molecule has 1 aliphatic rings. The second kappa shape index (κ2) is 5.71. The van der Waals surface area contributed by atoms with Crippen LogP contribution in [0.15, 0.2) is 21.5 Å². The third-order valence-corrected chi connectivity index (χ3v) is 6.69. The normalized spacial score (nSPS) is 16.0. The predicted octanol–water partition coefficient (Wildman–Crippen LogP) is 4.21. The molecule has 0 amide bonds. The average Bonchev–Trinajstić information content (AvgIpc) is 3.10. The Morgan fingerprint density at radius 2 is 1.81 bits per heavy atom. The minimum Gasteiger partial charge on any atom is -0.207 e. The Bertz CT molecular complexity index is 701. The van der Waals surface area contributed by atoms with E-state index in [0.717, 1.165) is 12.8 Å². The Kier molecular flexibility index (Phi) is 4.63. The quantitative estimate of drug-likeness (QED) is 0.745. The zero-order valence-corrected chi connectivity index (χ0v) is 15.3. The molecule has 1 aromatic carbocycles. The van der Waals surface area contributed by atoms with Gasteiger partial charge in [-0.25, -0.2) is 8.42 Å². The number of nitriles is 1. The van der Waals surface area contributed by atoms with Crippen molar-refractivity contribution in [1.82, 2.24) is 4.31 Å². The molecule has 114 valence electrons. The molecule has 0 bridgehead atoms.